The third-order valence-electron chi connectivity index (χ3n) is 20.9. The van der Waals surface area contributed by atoms with Crippen LogP contribution >= 0.6 is 0 Å². The number of nitrogens with one attached hydrogen (secondary N) is 12. The average molecular weight is 1920 g/mol. The second kappa shape index (κ2) is 52.2. The standard InChI is InChI=1S/C25H24FN7O2.C21H21N5O.C18H21FN6O2.C18H20FN5O2.C17H19FN6O2/c1-2-23(34)29-18-6-3-7-19(14-18)30-24-22(26)16-28-25(32-24)31-20-8-4-9-21(15-20)35-13-5-11-33-12-10-27-17-33;1-3-19(27)22-14-16-8-7-11-18(12-16)24-20-15(2)13-23-21(26-20)25-17-9-5-4-6-10-17;1-3-16(26)25-8-4-5-13(11-25)22-17-14(19)10-21-18(24-17)23-12-6-7-15(27-2)20-9-12;1-3-16(25)24-8-7-13(11-24)21-17-15(19)10-20-18(23-17)22-12-5-4-6-14(9-12)26-2;1-3-15(25)24-7-6-12(10-24)21-16-13(18)9-20-17(23-16)22-11-4-5-14(26-2)19-8-11/h2-4,6-10,12,14-17H,1,5,11,13H2,(H,29,34)(H2,28,30,31,32);3-13H,1,14H2,2H3,(H,22,27)(H2,23,24,25,26);3,6-7,9-10,13H,1,4-5,8,11H2,2H3,(H2,21,22,23,24);3-6,9-10,13H,1,7-8,11H2,2H3,(H2,20,21,22,23);3-5,8-9,12H,1,6-7,10H2,2H3,(H2,20,21,22,23)/t;;13-;;/m..1../s1. The number of aryl methyl sites for hydroxylation is 2. The third kappa shape index (κ3) is 32.1. The van der Waals surface area contributed by atoms with Crippen LogP contribution in [0.15, 0.2) is 277 Å². The summed E-state index contributed by atoms with van der Waals surface area (Å²) in [6, 6.07) is 45.6. The fourth-order valence-electron chi connectivity index (χ4n) is 13.8. The Labute approximate surface area is 810 Å². The molecular formula is C99H105F4N29O9. The van der Waals surface area contributed by atoms with Crippen LogP contribution in [0.25, 0.3) is 0 Å². The second-order valence-corrected chi connectivity index (χ2v) is 31.1. The van der Waals surface area contributed by atoms with Gasteiger partial charge in [0.15, 0.2) is 46.5 Å². The number of hydrogen-bond donors (Lipinski definition) is 12. The molecule has 13 aromatic rings. The number of pyridine rings is 2. The number of halogens is 4. The average Bonchev–Trinajstić information content (AvgIpc) is 1.66. The van der Waals surface area contributed by atoms with Crippen LogP contribution in [-0.2, 0) is 37.1 Å². The first-order valence-electron chi connectivity index (χ1n) is 44.3. The summed E-state index contributed by atoms with van der Waals surface area (Å²) < 4.78 is 79.6. The maximum atomic E-state index is 14.4. The predicted molar refractivity (Wildman–Crippen MR) is 532 cm³/mol. The lowest BCUT2D eigenvalue weighted by Gasteiger charge is -2.32. The quantitative estimate of drug-likeness (QED) is 0.00985. The molecule has 728 valence electrons. The van der Waals surface area contributed by atoms with Gasteiger partial charge < -0.3 is 102 Å². The number of likely N-dealkylation sites (tertiary alicyclic amines) is 3. The summed E-state index contributed by atoms with van der Waals surface area (Å²) in [5.74, 6) is 1.59. The minimum Gasteiger partial charge on any atom is -0.497 e. The maximum Gasteiger partial charge on any atom is 0.247 e. The van der Waals surface area contributed by atoms with Crippen LogP contribution in [0.1, 0.15) is 43.2 Å². The number of methoxy groups -OCH3 is 3. The van der Waals surface area contributed by atoms with Gasteiger partial charge in [-0.05, 0) is 154 Å². The molecule has 38 nitrogen and oxygen atoms in total. The van der Waals surface area contributed by atoms with E-state index < -0.39 is 23.3 Å². The highest BCUT2D eigenvalue weighted by atomic mass is 19.1. The molecule has 8 aromatic heterocycles. The number of para-hydroxylation sites is 1. The van der Waals surface area contributed by atoms with Crippen molar-refractivity contribution in [2.45, 2.75) is 70.2 Å². The van der Waals surface area contributed by atoms with Gasteiger partial charge in [-0.25, -0.2) is 57.4 Å². The Morgan fingerprint density at radius 3 is 1.34 bits per heavy atom. The Balaban J connectivity index is 0.000000158. The van der Waals surface area contributed by atoms with Gasteiger partial charge in [-0.15, -0.1) is 0 Å². The fourth-order valence-corrected chi connectivity index (χ4v) is 13.8. The van der Waals surface area contributed by atoms with Gasteiger partial charge in [0, 0.05) is 153 Å². The van der Waals surface area contributed by atoms with E-state index in [2.05, 4.69) is 161 Å². The summed E-state index contributed by atoms with van der Waals surface area (Å²) >= 11 is 0. The Hall–Kier alpha value is -18.0. The van der Waals surface area contributed by atoms with Crippen LogP contribution in [0.4, 0.5) is 122 Å². The lowest BCUT2D eigenvalue weighted by Crippen LogP contribution is -2.44. The summed E-state index contributed by atoms with van der Waals surface area (Å²) in [4.78, 5) is 117. The van der Waals surface area contributed by atoms with Crippen molar-refractivity contribution in [2.75, 3.05) is 126 Å². The summed E-state index contributed by atoms with van der Waals surface area (Å²) in [5.41, 5.74) is 7.51. The molecule has 12 N–H and O–H groups in total. The Bertz CT molecular complexity index is 6420. The van der Waals surface area contributed by atoms with Crippen LogP contribution in [0.2, 0.25) is 0 Å². The summed E-state index contributed by atoms with van der Waals surface area (Å²) in [5, 5.41) is 36.0. The molecule has 0 radical (unpaired) electrons. The number of anilines is 18. The van der Waals surface area contributed by atoms with E-state index in [-0.39, 0.29) is 94.7 Å². The molecule has 0 spiro atoms. The first kappa shape index (κ1) is 102. The van der Waals surface area contributed by atoms with E-state index in [1.807, 2.05) is 115 Å². The van der Waals surface area contributed by atoms with Crippen LogP contribution in [-0.4, -0.2) is 199 Å². The number of benzene rings is 5. The zero-order chi connectivity index (χ0) is 99.8. The molecule has 0 saturated carbocycles. The van der Waals surface area contributed by atoms with Crippen molar-refractivity contribution in [1.82, 2.24) is 89.4 Å². The van der Waals surface area contributed by atoms with Gasteiger partial charge in [0.1, 0.15) is 17.3 Å². The van der Waals surface area contributed by atoms with Crippen molar-refractivity contribution in [3.8, 4) is 23.3 Å². The molecule has 0 bridgehead atoms. The number of rotatable bonds is 36. The number of carbonyl (C=O) groups is 5. The number of imidazole rings is 1. The van der Waals surface area contributed by atoms with E-state index in [1.165, 1.54) is 44.6 Å². The van der Waals surface area contributed by atoms with E-state index in [0.29, 0.717) is 123 Å². The number of carbonyl (C=O) groups excluding carboxylic acids is 5. The Morgan fingerprint density at radius 1 is 0.411 bits per heavy atom. The van der Waals surface area contributed by atoms with Crippen molar-refractivity contribution >= 4 is 134 Å². The van der Waals surface area contributed by atoms with Crippen molar-refractivity contribution in [2.24, 2.45) is 0 Å². The lowest BCUT2D eigenvalue weighted by molar-refractivity contribution is -0.127. The molecule has 3 fully saturated rings. The first-order chi connectivity index (χ1) is 68.5. The minimum atomic E-state index is -0.619. The zero-order valence-electron chi connectivity index (χ0n) is 77.5. The molecule has 16 rings (SSSR count). The molecule has 3 aliphatic heterocycles. The normalized spacial score (nSPS) is 13.7. The summed E-state index contributed by atoms with van der Waals surface area (Å²) in [7, 11) is 4.65. The molecule has 0 aliphatic carbocycles. The van der Waals surface area contributed by atoms with E-state index in [1.54, 1.807) is 108 Å². The van der Waals surface area contributed by atoms with Crippen LogP contribution in [0, 0.1) is 30.2 Å². The summed E-state index contributed by atoms with van der Waals surface area (Å²) in [6.45, 7) is 24.4. The second-order valence-electron chi connectivity index (χ2n) is 31.1. The molecule has 141 heavy (non-hydrogen) atoms. The first-order valence-corrected chi connectivity index (χ1v) is 44.3. The zero-order valence-corrected chi connectivity index (χ0v) is 77.5. The smallest absolute Gasteiger partial charge is 0.247 e. The van der Waals surface area contributed by atoms with E-state index in [0.717, 1.165) is 84.6 Å². The number of hydrogen-bond acceptors (Lipinski definition) is 32. The number of piperidine rings is 1. The maximum absolute atomic E-state index is 14.4. The number of ether oxygens (including phenoxy) is 4. The van der Waals surface area contributed by atoms with Gasteiger partial charge in [-0.1, -0.05) is 81.4 Å². The van der Waals surface area contributed by atoms with Crippen LogP contribution in [0.5, 0.6) is 23.3 Å². The molecule has 3 aliphatic rings. The van der Waals surface area contributed by atoms with E-state index in [4.69, 9.17) is 18.9 Å². The van der Waals surface area contributed by atoms with Gasteiger partial charge in [0.25, 0.3) is 0 Å². The van der Waals surface area contributed by atoms with Crippen molar-refractivity contribution < 1.29 is 60.5 Å². The van der Waals surface area contributed by atoms with Crippen LogP contribution < -0.4 is 82.7 Å². The number of aromatic nitrogens is 14. The highest BCUT2D eigenvalue weighted by Gasteiger charge is 2.29. The van der Waals surface area contributed by atoms with E-state index >= 15 is 0 Å². The molecule has 11 heterocycles. The SMILES string of the molecule is C=CC(=O)N1CCC(Nc2nc(Nc3ccc(OC)nc3)ncc2F)C1.C=CC(=O)N1CCC(Nc2nc(Nc3cccc(OC)c3)ncc2F)C1.C=CC(=O)N1CCC[C@@H](Nc2nc(Nc3ccc(OC)nc3)ncc2F)C1.C=CC(=O)NCc1cccc(Nc2nc(Nc3ccccc3)ncc2C)c1.C=CC(=O)Nc1cccc(Nc2nc(Nc3cccc(OCCCn4ccnc4)c3)ncc2F)c1. The van der Waals surface area contributed by atoms with Crippen molar-refractivity contribution in [3.63, 3.8) is 0 Å². The minimum absolute atomic E-state index is 0.0124. The largest absolute Gasteiger partial charge is 0.497 e. The Kier molecular flexibility index (Phi) is 37.7. The summed E-state index contributed by atoms with van der Waals surface area (Å²) in [6.07, 6.45) is 24.9. The van der Waals surface area contributed by atoms with Gasteiger partial charge in [0.05, 0.1) is 82.8 Å². The van der Waals surface area contributed by atoms with Gasteiger partial charge >= 0.3 is 0 Å². The number of nitrogens with zero attached hydrogens (tertiary/aromatic N) is 17. The highest BCUT2D eigenvalue weighted by Crippen LogP contribution is 2.31. The fraction of sp³-hybridized carbons (Fsp3) is 0.212. The molecule has 3 atom stereocenters. The third-order valence-corrected chi connectivity index (χ3v) is 20.9. The number of amides is 5. The lowest BCUT2D eigenvalue weighted by atomic mass is 10.1. The van der Waals surface area contributed by atoms with Gasteiger partial charge in [0.2, 0.25) is 71.0 Å². The molecule has 2 unspecified atom stereocenters. The van der Waals surface area contributed by atoms with Gasteiger partial charge in [-0.3, -0.25) is 24.0 Å². The highest BCUT2D eigenvalue weighted by molar-refractivity contribution is 5.99. The molecule has 5 aromatic carbocycles. The Morgan fingerprint density at radius 2 is 0.844 bits per heavy atom. The topological polar surface area (TPSA) is 449 Å². The molecule has 5 amide bonds. The molecule has 3 saturated heterocycles. The van der Waals surface area contributed by atoms with Gasteiger partial charge in [-0.2, -0.15) is 24.9 Å². The predicted octanol–water partition coefficient (Wildman–Crippen LogP) is 15.8. The molecular weight excluding hydrogens is 1820 g/mol. The van der Waals surface area contributed by atoms with Crippen molar-refractivity contribution in [3.05, 3.63) is 311 Å². The van der Waals surface area contributed by atoms with Crippen molar-refractivity contribution in [1.29, 1.82) is 0 Å². The van der Waals surface area contributed by atoms with E-state index in [9.17, 15) is 41.5 Å². The van der Waals surface area contributed by atoms with Crippen LogP contribution in [0.3, 0.4) is 0 Å². The monoisotopic (exact) mass is 1920 g/mol. The molecule has 42 heteroatoms.